The Morgan fingerprint density at radius 1 is 1.31 bits per heavy atom. The van der Waals surface area contributed by atoms with Gasteiger partial charge in [0, 0.05) is 5.56 Å². The van der Waals surface area contributed by atoms with Crippen molar-refractivity contribution < 1.29 is 19.7 Å². The Kier molecular flexibility index (Phi) is 3.00. The highest BCUT2D eigenvalue weighted by Crippen LogP contribution is 2.23. The van der Waals surface area contributed by atoms with Gasteiger partial charge in [0.15, 0.2) is 6.61 Å². The topological polar surface area (TPSA) is 66.8 Å². The maximum absolute atomic E-state index is 10.0. The van der Waals surface area contributed by atoms with Crippen LogP contribution in [-0.4, -0.2) is 16.7 Å². The minimum absolute atomic E-state index is 0.0692. The maximum Gasteiger partial charge on any atom is 0.295 e. The van der Waals surface area contributed by atoms with E-state index in [-0.39, 0.29) is 12.0 Å². The minimum Gasteiger partial charge on any atom is -0.428 e. The number of benzene rings is 1. The summed E-state index contributed by atoms with van der Waals surface area (Å²) in [7, 11) is 0. The summed E-state index contributed by atoms with van der Waals surface area (Å²) in [5.74, 6) is -2.05. The molecule has 1 aromatic rings. The van der Waals surface area contributed by atoms with Crippen LogP contribution < -0.4 is 0 Å². The Bertz CT molecular complexity index is 272. The summed E-state index contributed by atoms with van der Waals surface area (Å²) < 4.78 is 4.33. The first-order valence-electron chi connectivity index (χ1n) is 3.61. The summed E-state index contributed by atoms with van der Waals surface area (Å²) in [6.07, 6.45) is 0. The standard InChI is InChI=1S/C9H9O4/c10-6-9(12,13-7-11)8-4-2-1-3-5-8/h1-7,10,12H. The number of carbonyl (C=O) groups is 1. The molecular weight excluding hydrogens is 172 g/mol. The number of aliphatic hydroxyl groups is 2. The molecule has 1 aromatic carbocycles. The zero-order chi connectivity index (χ0) is 9.73. The molecule has 0 aliphatic carbocycles. The molecule has 0 spiro atoms. The zero-order valence-electron chi connectivity index (χ0n) is 6.75. The monoisotopic (exact) mass is 181 g/mol. The van der Waals surface area contributed by atoms with Gasteiger partial charge >= 0.3 is 0 Å². The molecule has 4 heteroatoms. The van der Waals surface area contributed by atoms with E-state index >= 15 is 0 Å². The highest BCUT2D eigenvalue weighted by molar-refractivity contribution is 5.40. The van der Waals surface area contributed by atoms with Crippen molar-refractivity contribution in [1.29, 1.82) is 0 Å². The number of rotatable bonds is 4. The highest BCUT2D eigenvalue weighted by atomic mass is 16.7. The van der Waals surface area contributed by atoms with E-state index in [1.807, 2.05) is 0 Å². The molecule has 1 unspecified atom stereocenters. The molecule has 2 N–H and O–H groups in total. The zero-order valence-corrected chi connectivity index (χ0v) is 6.75. The van der Waals surface area contributed by atoms with Crippen LogP contribution in [-0.2, 0) is 15.3 Å². The van der Waals surface area contributed by atoms with Crippen LogP contribution in [0.1, 0.15) is 5.56 Å². The molecule has 69 valence electrons. The molecule has 0 amide bonds. The molecule has 1 rings (SSSR count). The van der Waals surface area contributed by atoms with Gasteiger partial charge in [-0.1, -0.05) is 30.3 Å². The molecule has 4 nitrogen and oxygen atoms in total. The molecule has 0 bridgehead atoms. The van der Waals surface area contributed by atoms with E-state index < -0.39 is 5.79 Å². The van der Waals surface area contributed by atoms with Crippen molar-refractivity contribution in [3.8, 4) is 0 Å². The summed E-state index contributed by atoms with van der Waals surface area (Å²) in [6, 6.07) is 8.09. The maximum atomic E-state index is 10.0. The van der Waals surface area contributed by atoms with E-state index in [4.69, 9.17) is 5.11 Å². The second kappa shape index (κ2) is 4.02. The lowest BCUT2D eigenvalue weighted by atomic mass is 10.1. The van der Waals surface area contributed by atoms with Gasteiger partial charge in [-0.25, -0.2) is 0 Å². The molecule has 0 aromatic heterocycles. The average Bonchev–Trinajstić information content (AvgIpc) is 2.19. The molecular formula is C9H9O4. The minimum atomic E-state index is -2.05. The molecule has 0 fully saturated rings. The predicted molar refractivity (Wildman–Crippen MR) is 43.7 cm³/mol. The summed E-state index contributed by atoms with van der Waals surface area (Å²) in [5.41, 5.74) is 0.282. The van der Waals surface area contributed by atoms with Crippen LogP contribution in [0.5, 0.6) is 0 Å². The van der Waals surface area contributed by atoms with E-state index in [0.29, 0.717) is 6.61 Å². The van der Waals surface area contributed by atoms with Crippen molar-refractivity contribution in [2.45, 2.75) is 5.79 Å². The van der Waals surface area contributed by atoms with Crippen LogP contribution in [0.3, 0.4) is 0 Å². The van der Waals surface area contributed by atoms with Crippen molar-refractivity contribution >= 4 is 6.47 Å². The number of carbonyl (C=O) groups excluding carboxylic acids is 1. The van der Waals surface area contributed by atoms with Crippen LogP contribution in [0.4, 0.5) is 0 Å². The fraction of sp³-hybridized carbons (Fsp3) is 0.111. The molecule has 1 radical (unpaired) electrons. The van der Waals surface area contributed by atoms with Gasteiger partial charge in [0.05, 0.1) is 0 Å². The van der Waals surface area contributed by atoms with Gasteiger partial charge in [-0.05, 0) is 0 Å². The van der Waals surface area contributed by atoms with Crippen LogP contribution in [0.2, 0.25) is 0 Å². The number of ether oxygens (including phenoxy) is 1. The van der Waals surface area contributed by atoms with Crippen molar-refractivity contribution in [2.75, 3.05) is 0 Å². The molecule has 0 saturated carbocycles. The molecule has 13 heavy (non-hydrogen) atoms. The Hall–Kier alpha value is -1.39. The Morgan fingerprint density at radius 3 is 2.38 bits per heavy atom. The van der Waals surface area contributed by atoms with E-state index in [1.54, 1.807) is 18.2 Å². The summed E-state index contributed by atoms with van der Waals surface area (Å²) >= 11 is 0. The van der Waals surface area contributed by atoms with Crippen molar-refractivity contribution in [1.82, 2.24) is 0 Å². The van der Waals surface area contributed by atoms with Crippen molar-refractivity contribution in [3.05, 3.63) is 42.5 Å². The summed E-state index contributed by atoms with van der Waals surface area (Å²) in [6.45, 7) is 0.483. The van der Waals surface area contributed by atoms with E-state index in [1.165, 1.54) is 12.1 Å². The lowest BCUT2D eigenvalue weighted by molar-refractivity contribution is -0.199. The fourth-order valence-corrected chi connectivity index (χ4v) is 0.923. The summed E-state index contributed by atoms with van der Waals surface area (Å²) in [4.78, 5) is 10.0. The van der Waals surface area contributed by atoms with Gasteiger partial charge in [-0.3, -0.25) is 4.79 Å². The van der Waals surface area contributed by atoms with Crippen LogP contribution in [0.15, 0.2) is 30.3 Å². The predicted octanol–water partition coefficient (Wildman–Crippen LogP) is 0.539. The smallest absolute Gasteiger partial charge is 0.295 e. The third-order valence-corrected chi connectivity index (χ3v) is 1.59. The Morgan fingerprint density at radius 2 is 1.92 bits per heavy atom. The first-order valence-corrected chi connectivity index (χ1v) is 3.61. The molecule has 0 aliphatic rings. The Balaban J connectivity index is 2.95. The van der Waals surface area contributed by atoms with Crippen LogP contribution in [0.25, 0.3) is 0 Å². The van der Waals surface area contributed by atoms with Gasteiger partial charge in [-0.2, -0.15) is 0 Å². The highest BCUT2D eigenvalue weighted by Gasteiger charge is 2.30. The van der Waals surface area contributed by atoms with Gasteiger partial charge in [-0.15, -0.1) is 0 Å². The normalized spacial score (nSPS) is 14.6. The first-order chi connectivity index (χ1) is 6.23. The SMILES string of the molecule is O=COC(O)([CH]O)c1ccccc1. The first kappa shape index (κ1) is 9.70. The second-order valence-corrected chi connectivity index (χ2v) is 2.41. The second-order valence-electron chi connectivity index (χ2n) is 2.41. The third-order valence-electron chi connectivity index (χ3n) is 1.59. The number of hydrogen-bond donors (Lipinski definition) is 2. The van der Waals surface area contributed by atoms with E-state index in [2.05, 4.69) is 4.74 Å². The molecule has 0 heterocycles. The molecule has 0 saturated heterocycles. The van der Waals surface area contributed by atoms with Crippen molar-refractivity contribution in [2.24, 2.45) is 0 Å². The van der Waals surface area contributed by atoms with E-state index in [0.717, 1.165) is 0 Å². The third kappa shape index (κ3) is 2.05. The van der Waals surface area contributed by atoms with Gasteiger partial charge in [0.1, 0.15) is 0 Å². The Labute approximate surface area is 75.4 Å². The van der Waals surface area contributed by atoms with Gasteiger partial charge in [0.2, 0.25) is 0 Å². The molecule has 0 aliphatic heterocycles. The van der Waals surface area contributed by atoms with Crippen LogP contribution >= 0.6 is 0 Å². The number of hydrogen-bond acceptors (Lipinski definition) is 4. The molecule has 1 atom stereocenters. The lowest BCUT2D eigenvalue weighted by Gasteiger charge is -2.22. The van der Waals surface area contributed by atoms with E-state index in [9.17, 15) is 9.90 Å². The van der Waals surface area contributed by atoms with Gasteiger partial charge < -0.3 is 14.9 Å². The summed E-state index contributed by atoms with van der Waals surface area (Å²) in [5, 5.41) is 18.2. The average molecular weight is 181 g/mol. The van der Waals surface area contributed by atoms with Crippen LogP contribution in [0, 0.1) is 6.61 Å². The quantitative estimate of drug-likeness (QED) is 0.525. The largest absolute Gasteiger partial charge is 0.428 e. The lowest BCUT2D eigenvalue weighted by Crippen LogP contribution is -2.29. The number of aliphatic hydroxyl groups excluding tert-OH is 1. The van der Waals surface area contributed by atoms with Crippen molar-refractivity contribution in [3.63, 3.8) is 0 Å². The van der Waals surface area contributed by atoms with Gasteiger partial charge in [0.25, 0.3) is 12.3 Å². The fourth-order valence-electron chi connectivity index (χ4n) is 0.923.